The fourth-order valence-corrected chi connectivity index (χ4v) is 4.03. The fraction of sp³-hybridized carbons (Fsp3) is 0.400. The standard InChI is InChI=1S/C25H27N3O8/c1-14-11-17(28(13-14)24(33)36-25(2,3)4)23-34-18-6-5-15(12-16(18)22(32)35-23)26-19(29)9-10-27-20(30)7-8-21(27)31/h5-8,12,17,23H,1,9-11,13H2,2-4H3,(H,26,29)/t17-,23?/m0/s1. The largest absolute Gasteiger partial charge is 0.452 e. The summed E-state index contributed by atoms with van der Waals surface area (Å²) in [6, 6.07) is 3.89. The number of hydrogen-bond donors (Lipinski definition) is 1. The van der Waals surface area contributed by atoms with Crippen molar-refractivity contribution in [3.63, 3.8) is 0 Å². The van der Waals surface area contributed by atoms with Gasteiger partial charge in [0.15, 0.2) is 0 Å². The first-order valence-corrected chi connectivity index (χ1v) is 11.4. The molecule has 1 aromatic rings. The number of rotatable bonds is 5. The van der Waals surface area contributed by atoms with Gasteiger partial charge in [-0.2, -0.15) is 0 Å². The number of carbonyl (C=O) groups is 5. The van der Waals surface area contributed by atoms with Gasteiger partial charge in [-0.1, -0.05) is 12.2 Å². The summed E-state index contributed by atoms with van der Waals surface area (Å²) in [4.78, 5) is 63.4. The summed E-state index contributed by atoms with van der Waals surface area (Å²) in [5, 5.41) is 2.63. The first-order chi connectivity index (χ1) is 16.9. The molecule has 2 atom stereocenters. The van der Waals surface area contributed by atoms with Crippen molar-refractivity contribution < 1.29 is 38.2 Å². The molecule has 36 heavy (non-hydrogen) atoms. The molecule has 1 saturated heterocycles. The second kappa shape index (κ2) is 9.48. The Bertz CT molecular complexity index is 1160. The monoisotopic (exact) mass is 497 g/mol. The Balaban J connectivity index is 1.40. The van der Waals surface area contributed by atoms with Gasteiger partial charge in [0.2, 0.25) is 5.91 Å². The Morgan fingerprint density at radius 2 is 1.83 bits per heavy atom. The normalized spacial score (nSPS) is 21.3. The van der Waals surface area contributed by atoms with E-state index in [2.05, 4.69) is 11.9 Å². The summed E-state index contributed by atoms with van der Waals surface area (Å²) in [5.41, 5.74) is 0.514. The van der Waals surface area contributed by atoms with Crippen molar-refractivity contribution >= 4 is 35.5 Å². The fourth-order valence-electron chi connectivity index (χ4n) is 4.03. The highest BCUT2D eigenvalue weighted by Crippen LogP contribution is 2.34. The lowest BCUT2D eigenvalue weighted by Crippen LogP contribution is -2.50. The molecule has 0 saturated carbocycles. The van der Waals surface area contributed by atoms with Gasteiger partial charge in [-0.05, 0) is 45.4 Å². The molecule has 0 bridgehead atoms. The molecule has 4 amide bonds. The Morgan fingerprint density at radius 1 is 1.14 bits per heavy atom. The van der Waals surface area contributed by atoms with Crippen molar-refractivity contribution in [3.05, 3.63) is 48.1 Å². The summed E-state index contributed by atoms with van der Waals surface area (Å²) < 4.78 is 16.9. The van der Waals surface area contributed by atoms with E-state index < -0.39 is 47.7 Å². The van der Waals surface area contributed by atoms with E-state index in [-0.39, 0.29) is 30.8 Å². The molecule has 3 aliphatic rings. The van der Waals surface area contributed by atoms with Crippen molar-refractivity contribution in [1.82, 2.24) is 9.80 Å². The van der Waals surface area contributed by atoms with E-state index in [1.807, 2.05) is 0 Å². The number of anilines is 1. The van der Waals surface area contributed by atoms with Gasteiger partial charge in [0.05, 0.1) is 0 Å². The number of nitrogens with zero attached hydrogens (tertiary/aromatic N) is 2. The summed E-state index contributed by atoms with van der Waals surface area (Å²) in [6.45, 7) is 9.44. The lowest BCUT2D eigenvalue weighted by Gasteiger charge is -2.34. The molecular weight excluding hydrogens is 470 g/mol. The van der Waals surface area contributed by atoms with Crippen LogP contribution in [0.2, 0.25) is 0 Å². The summed E-state index contributed by atoms with van der Waals surface area (Å²) in [6.07, 6.45) is 0.973. The van der Waals surface area contributed by atoms with Crippen LogP contribution in [0.15, 0.2) is 42.5 Å². The number of fused-ring (bicyclic) bond motifs is 1. The van der Waals surface area contributed by atoms with E-state index in [9.17, 15) is 24.0 Å². The molecule has 3 heterocycles. The van der Waals surface area contributed by atoms with Gasteiger partial charge >= 0.3 is 12.1 Å². The molecule has 0 aromatic heterocycles. The second-order valence-electron chi connectivity index (χ2n) is 9.69. The molecule has 11 nitrogen and oxygen atoms in total. The van der Waals surface area contributed by atoms with Crippen LogP contribution in [0.25, 0.3) is 0 Å². The molecule has 4 rings (SSSR count). The van der Waals surface area contributed by atoms with Gasteiger partial charge < -0.3 is 19.5 Å². The lowest BCUT2D eigenvalue weighted by atomic mass is 10.1. The Kier molecular flexibility index (Phi) is 6.57. The van der Waals surface area contributed by atoms with Gasteiger partial charge in [0.25, 0.3) is 18.1 Å². The average Bonchev–Trinajstić information content (AvgIpc) is 3.33. The van der Waals surface area contributed by atoms with Crippen LogP contribution >= 0.6 is 0 Å². The Labute approximate surface area is 207 Å². The topological polar surface area (TPSA) is 132 Å². The minimum Gasteiger partial charge on any atom is -0.452 e. The van der Waals surface area contributed by atoms with Crippen molar-refractivity contribution in [2.75, 3.05) is 18.4 Å². The number of amides is 4. The highest BCUT2D eigenvalue weighted by atomic mass is 16.7. The maximum absolute atomic E-state index is 12.8. The van der Waals surface area contributed by atoms with Crippen LogP contribution in [0.4, 0.5) is 10.5 Å². The van der Waals surface area contributed by atoms with E-state index in [4.69, 9.17) is 14.2 Å². The predicted octanol–water partition coefficient (Wildman–Crippen LogP) is 2.38. The number of imide groups is 1. The minimum absolute atomic E-state index is 0.0604. The third-order valence-electron chi connectivity index (χ3n) is 5.65. The van der Waals surface area contributed by atoms with E-state index in [1.165, 1.54) is 17.0 Å². The average molecular weight is 498 g/mol. The van der Waals surface area contributed by atoms with Crippen molar-refractivity contribution in [2.45, 2.75) is 51.5 Å². The smallest absolute Gasteiger partial charge is 0.411 e. The zero-order valence-electron chi connectivity index (χ0n) is 20.2. The van der Waals surface area contributed by atoms with E-state index >= 15 is 0 Å². The molecule has 1 N–H and O–H groups in total. The molecule has 0 spiro atoms. The molecule has 3 aliphatic heterocycles. The molecule has 1 aromatic carbocycles. The first-order valence-electron chi connectivity index (χ1n) is 11.4. The van der Waals surface area contributed by atoms with Crippen LogP contribution in [0.1, 0.15) is 44.0 Å². The van der Waals surface area contributed by atoms with E-state index in [0.29, 0.717) is 12.1 Å². The molecule has 1 fully saturated rings. The van der Waals surface area contributed by atoms with Gasteiger partial charge in [0.1, 0.15) is 23.0 Å². The highest BCUT2D eigenvalue weighted by Gasteiger charge is 2.44. The van der Waals surface area contributed by atoms with Gasteiger partial charge in [-0.3, -0.25) is 24.2 Å². The number of ether oxygens (including phenoxy) is 3. The van der Waals surface area contributed by atoms with Crippen LogP contribution in [0.3, 0.4) is 0 Å². The third kappa shape index (κ3) is 5.40. The number of benzene rings is 1. The zero-order valence-corrected chi connectivity index (χ0v) is 20.2. The van der Waals surface area contributed by atoms with Crippen molar-refractivity contribution in [3.8, 4) is 5.75 Å². The second-order valence-corrected chi connectivity index (χ2v) is 9.69. The predicted molar refractivity (Wildman–Crippen MR) is 126 cm³/mol. The van der Waals surface area contributed by atoms with E-state index in [1.54, 1.807) is 26.8 Å². The quantitative estimate of drug-likeness (QED) is 0.373. The van der Waals surface area contributed by atoms with Crippen LogP contribution in [0.5, 0.6) is 5.75 Å². The third-order valence-corrected chi connectivity index (χ3v) is 5.65. The summed E-state index contributed by atoms with van der Waals surface area (Å²) in [7, 11) is 0. The van der Waals surface area contributed by atoms with Crippen LogP contribution in [-0.2, 0) is 23.9 Å². The maximum atomic E-state index is 12.8. The number of hydrogen-bond acceptors (Lipinski definition) is 8. The number of nitrogens with one attached hydrogen (secondary N) is 1. The molecule has 190 valence electrons. The SMILES string of the molecule is C=C1C[C@@H](C2OC(=O)c3cc(NC(=O)CCN4C(=O)C=CC4=O)ccc3O2)N(C(=O)OC(C)(C)C)C1. The molecule has 1 unspecified atom stereocenters. The number of likely N-dealkylation sites (tertiary alicyclic amines) is 1. The number of esters is 1. The Hall–Kier alpha value is -4.15. The Morgan fingerprint density at radius 3 is 2.50 bits per heavy atom. The minimum atomic E-state index is -1.05. The number of carbonyl (C=O) groups excluding carboxylic acids is 5. The summed E-state index contributed by atoms with van der Waals surface area (Å²) in [5.74, 6) is -1.80. The van der Waals surface area contributed by atoms with Gasteiger partial charge in [-0.25, -0.2) is 9.59 Å². The van der Waals surface area contributed by atoms with E-state index in [0.717, 1.165) is 22.6 Å². The molecule has 0 aliphatic carbocycles. The van der Waals surface area contributed by atoms with Crippen molar-refractivity contribution in [1.29, 1.82) is 0 Å². The molecule has 0 radical (unpaired) electrons. The maximum Gasteiger partial charge on any atom is 0.411 e. The molecular formula is C25H27N3O8. The van der Waals surface area contributed by atoms with Crippen LogP contribution in [0, 0.1) is 0 Å². The number of cyclic esters (lactones) is 1. The van der Waals surface area contributed by atoms with Crippen LogP contribution < -0.4 is 10.1 Å². The van der Waals surface area contributed by atoms with Crippen molar-refractivity contribution in [2.24, 2.45) is 0 Å². The summed E-state index contributed by atoms with van der Waals surface area (Å²) >= 11 is 0. The first kappa shape index (κ1) is 25.0. The lowest BCUT2D eigenvalue weighted by molar-refractivity contribution is -0.137. The zero-order chi connectivity index (χ0) is 26.2. The van der Waals surface area contributed by atoms with Gasteiger partial charge in [0, 0.05) is 37.3 Å². The van der Waals surface area contributed by atoms with Crippen LogP contribution in [-0.4, -0.2) is 70.6 Å². The highest BCUT2D eigenvalue weighted by molar-refractivity contribution is 6.13. The van der Waals surface area contributed by atoms with Gasteiger partial charge in [-0.15, -0.1) is 0 Å². The molecule has 11 heteroatoms.